The van der Waals surface area contributed by atoms with Crippen LogP contribution in [-0.4, -0.2) is 9.97 Å². The van der Waals surface area contributed by atoms with Crippen LogP contribution in [0.1, 0.15) is 5.69 Å². The zero-order valence-electron chi connectivity index (χ0n) is 6.78. The third-order valence-corrected chi connectivity index (χ3v) is 1.82. The summed E-state index contributed by atoms with van der Waals surface area (Å²) in [6, 6.07) is 3.84. The minimum atomic E-state index is 0.568. The molecule has 3 nitrogen and oxygen atoms in total. The Balaban J connectivity index is 2.88. The van der Waals surface area contributed by atoms with Crippen molar-refractivity contribution in [1.29, 1.82) is 0 Å². The Hall–Kier alpha value is -1.64. The lowest BCUT2D eigenvalue weighted by Gasteiger charge is -2.00. The fraction of sp³-hybridized carbons (Fsp3) is 0.111. The van der Waals surface area contributed by atoms with E-state index in [2.05, 4.69) is 9.97 Å². The largest absolute Gasteiger partial charge is 0.383 e. The van der Waals surface area contributed by atoms with Crippen molar-refractivity contribution in [2.24, 2.45) is 0 Å². The maximum Gasteiger partial charge on any atom is 0.131 e. The molecule has 0 unspecified atom stereocenters. The molecule has 0 amide bonds. The summed E-state index contributed by atoms with van der Waals surface area (Å²) in [5.74, 6) is 0.568. The molecule has 0 atom stereocenters. The summed E-state index contributed by atoms with van der Waals surface area (Å²) in [6.07, 6.45) is 3.50. The molecule has 0 saturated carbocycles. The molecule has 0 aliphatic heterocycles. The smallest absolute Gasteiger partial charge is 0.131 e. The van der Waals surface area contributed by atoms with Crippen LogP contribution in [0.25, 0.3) is 10.8 Å². The van der Waals surface area contributed by atoms with Crippen molar-refractivity contribution in [3.63, 3.8) is 0 Å². The topological polar surface area (TPSA) is 51.8 Å². The summed E-state index contributed by atoms with van der Waals surface area (Å²) in [5.41, 5.74) is 6.65. The first-order chi connectivity index (χ1) is 5.77. The summed E-state index contributed by atoms with van der Waals surface area (Å²) >= 11 is 0. The molecule has 2 N–H and O–H groups in total. The highest BCUT2D eigenvalue weighted by molar-refractivity contribution is 5.90. The van der Waals surface area contributed by atoms with Crippen LogP contribution in [0.15, 0.2) is 24.5 Å². The van der Waals surface area contributed by atoms with Crippen LogP contribution in [-0.2, 0) is 0 Å². The summed E-state index contributed by atoms with van der Waals surface area (Å²) in [4.78, 5) is 8.16. The molecule has 2 heterocycles. The van der Waals surface area contributed by atoms with Crippen LogP contribution in [0.5, 0.6) is 0 Å². The first-order valence-electron chi connectivity index (χ1n) is 3.74. The maximum atomic E-state index is 5.69. The number of aryl methyl sites for hydroxylation is 1. The third kappa shape index (κ3) is 0.993. The maximum absolute atomic E-state index is 5.69. The molecule has 2 rings (SSSR count). The van der Waals surface area contributed by atoms with Crippen molar-refractivity contribution in [2.45, 2.75) is 6.92 Å². The molecule has 12 heavy (non-hydrogen) atoms. The Morgan fingerprint density at radius 2 is 2.17 bits per heavy atom. The molecule has 2 aromatic rings. The lowest BCUT2D eigenvalue weighted by Crippen LogP contribution is -1.91. The number of hydrogen-bond acceptors (Lipinski definition) is 3. The number of nitrogen functional groups attached to an aromatic ring is 1. The molecule has 0 fully saturated rings. The molecule has 0 bridgehead atoms. The van der Waals surface area contributed by atoms with E-state index in [-0.39, 0.29) is 0 Å². The van der Waals surface area contributed by atoms with E-state index in [1.54, 1.807) is 6.20 Å². The highest BCUT2D eigenvalue weighted by atomic mass is 14.8. The first kappa shape index (κ1) is 7.03. The molecule has 0 saturated heterocycles. The Morgan fingerprint density at radius 3 is 3.00 bits per heavy atom. The predicted octanol–water partition coefficient (Wildman–Crippen LogP) is 1.52. The van der Waals surface area contributed by atoms with Gasteiger partial charge in [-0.25, -0.2) is 4.98 Å². The number of anilines is 1. The monoisotopic (exact) mass is 159 g/mol. The number of nitrogens with zero attached hydrogens (tertiary/aromatic N) is 2. The van der Waals surface area contributed by atoms with Gasteiger partial charge in [0, 0.05) is 28.9 Å². The zero-order chi connectivity index (χ0) is 8.55. The second-order valence-electron chi connectivity index (χ2n) is 2.74. The van der Waals surface area contributed by atoms with Crippen molar-refractivity contribution in [2.75, 3.05) is 5.73 Å². The molecular weight excluding hydrogens is 150 g/mol. The van der Waals surface area contributed by atoms with E-state index in [1.807, 2.05) is 25.3 Å². The second kappa shape index (κ2) is 2.44. The van der Waals surface area contributed by atoms with Gasteiger partial charge in [0.15, 0.2) is 0 Å². The number of aromatic nitrogens is 2. The van der Waals surface area contributed by atoms with Crippen LogP contribution in [0.3, 0.4) is 0 Å². The van der Waals surface area contributed by atoms with Gasteiger partial charge in [0.1, 0.15) is 5.82 Å². The van der Waals surface area contributed by atoms with Gasteiger partial charge >= 0.3 is 0 Å². The van der Waals surface area contributed by atoms with E-state index in [0.717, 1.165) is 16.5 Å². The minimum absolute atomic E-state index is 0.568. The van der Waals surface area contributed by atoms with Gasteiger partial charge in [-0.2, -0.15) is 0 Å². The number of hydrogen-bond donors (Lipinski definition) is 1. The lowest BCUT2D eigenvalue weighted by molar-refractivity contribution is 1.22. The molecule has 3 heteroatoms. The summed E-state index contributed by atoms with van der Waals surface area (Å²) < 4.78 is 0. The zero-order valence-corrected chi connectivity index (χ0v) is 6.78. The van der Waals surface area contributed by atoms with Gasteiger partial charge < -0.3 is 5.73 Å². The molecule has 0 radical (unpaired) electrons. The van der Waals surface area contributed by atoms with E-state index in [4.69, 9.17) is 5.73 Å². The molecule has 0 spiro atoms. The van der Waals surface area contributed by atoms with Crippen LogP contribution < -0.4 is 5.73 Å². The van der Waals surface area contributed by atoms with Gasteiger partial charge in [-0.1, -0.05) is 0 Å². The molecule has 0 aliphatic rings. The predicted molar refractivity (Wildman–Crippen MR) is 48.7 cm³/mol. The fourth-order valence-electron chi connectivity index (χ4n) is 1.19. The highest BCUT2D eigenvalue weighted by Crippen LogP contribution is 2.17. The average Bonchev–Trinajstić information content (AvgIpc) is 2.07. The van der Waals surface area contributed by atoms with Crippen molar-refractivity contribution >= 4 is 16.6 Å². The van der Waals surface area contributed by atoms with E-state index in [1.165, 1.54) is 0 Å². The third-order valence-electron chi connectivity index (χ3n) is 1.82. The SMILES string of the molecule is Cc1cc2c(N)nccc2cn1. The van der Waals surface area contributed by atoms with Crippen molar-refractivity contribution in [3.8, 4) is 0 Å². The Bertz CT molecular complexity index is 423. The van der Waals surface area contributed by atoms with Gasteiger partial charge in [-0.3, -0.25) is 4.98 Å². The van der Waals surface area contributed by atoms with Gasteiger partial charge in [-0.05, 0) is 19.1 Å². The van der Waals surface area contributed by atoms with Gasteiger partial charge in [0.25, 0.3) is 0 Å². The molecule has 0 aliphatic carbocycles. The van der Waals surface area contributed by atoms with Crippen molar-refractivity contribution in [3.05, 3.63) is 30.2 Å². The quantitative estimate of drug-likeness (QED) is 0.634. The number of nitrogens with two attached hydrogens (primary N) is 1. The first-order valence-corrected chi connectivity index (χ1v) is 3.74. The summed E-state index contributed by atoms with van der Waals surface area (Å²) in [5, 5.41) is 2.01. The van der Waals surface area contributed by atoms with E-state index < -0.39 is 0 Å². The summed E-state index contributed by atoms with van der Waals surface area (Å²) in [6.45, 7) is 1.94. The Morgan fingerprint density at radius 1 is 1.33 bits per heavy atom. The van der Waals surface area contributed by atoms with Crippen LogP contribution in [0, 0.1) is 6.92 Å². The van der Waals surface area contributed by atoms with E-state index in [0.29, 0.717) is 5.82 Å². The Kier molecular flexibility index (Phi) is 1.43. The molecule has 2 aromatic heterocycles. The van der Waals surface area contributed by atoms with Gasteiger partial charge in [-0.15, -0.1) is 0 Å². The van der Waals surface area contributed by atoms with Gasteiger partial charge in [0.2, 0.25) is 0 Å². The summed E-state index contributed by atoms with van der Waals surface area (Å²) in [7, 11) is 0. The van der Waals surface area contributed by atoms with Gasteiger partial charge in [0.05, 0.1) is 0 Å². The van der Waals surface area contributed by atoms with Crippen LogP contribution in [0.2, 0.25) is 0 Å². The van der Waals surface area contributed by atoms with Crippen LogP contribution in [0.4, 0.5) is 5.82 Å². The van der Waals surface area contributed by atoms with E-state index >= 15 is 0 Å². The van der Waals surface area contributed by atoms with Crippen molar-refractivity contribution in [1.82, 2.24) is 9.97 Å². The standard InChI is InChI=1S/C9H9N3/c1-6-4-8-7(5-12-6)2-3-11-9(8)10/h2-5H,1H3,(H2,10,11). The molecular formula is C9H9N3. The molecule has 0 aromatic carbocycles. The van der Waals surface area contributed by atoms with Crippen molar-refractivity contribution < 1.29 is 0 Å². The highest BCUT2D eigenvalue weighted by Gasteiger charge is 1.97. The average molecular weight is 159 g/mol. The second-order valence-corrected chi connectivity index (χ2v) is 2.74. The Labute approximate surface area is 70.3 Å². The number of rotatable bonds is 0. The molecule has 60 valence electrons. The lowest BCUT2D eigenvalue weighted by atomic mass is 10.2. The van der Waals surface area contributed by atoms with E-state index in [9.17, 15) is 0 Å². The van der Waals surface area contributed by atoms with Crippen LogP contribution >= 0.6 is 0 Å². The fourth-order valence-corrected chi connectivity index (χ4v) is 1.19. The number of fused-ring (bicyclic) bond motifs is 1. The normalized spacial score (nSPS) is 10.4. The number of pyridine rings is 2. The minimum Gasteiger partial charge on any atom is -0.383 e.